The van der Waals surface area contributed by atoms with Gasteiger partial charge < -0.3 is 9.47 Å². The maximum atomic E-state index is 12.8. The van der Waals surface area contributed by atoms with Crippen molar-refractivity contribution in [2.45, 2.75) is 25.7 Å². The topological polar surface area (TPSA) is 140 Å². The Balaban J connectivity index is 1.39. The smallest absolute Gasteiger partial charge is 0.269 e. The number of thiocarbonyl (C=S) groups is 1. The molecule has 0 saturated carbocycles. The summed E-state index contributed by atoms with van der Waals surface area (Å²) in [6, 6.07) is 10.4. The number of nitrogens with one attached hydrogen (secondary N) is 2. The van der Waals surface area contributed by atoms with E-state index < -0.39 is 10.8 Å². The molecule has 2 N–H and O–H groups in total. The van der Waals surface area contributed by atoms with Gasteiger partial charge in [0, 0.05) is 30.7 Å². The van der Waals surface area contributed by atoms with Gasteiger partial charge in [-0.15, -0.1) is 0 Å². The lowest BCUT2D eigenvalue weighted by Gasteiger charge is -2.14. The van der Waals surface area contributed by atoms with Gasteiger partial charge in [0.25, 0.3) is 17.5 Å². The van der Waals surface area contributed by atoms with E-state index in [4.69, 9.17) is 21.7 Å². The second-order valence-corrected chi connectivity index (χ2v) is 9.74. The number of benzene rings is 2. The first-order valence-corrected chi connectivity index (χ1v) is 12.8. The van der Waals surface area contributed by atoms with E-state index in [1.165, 1.54) is 36.0 Å². The van der Waals surface area contributed by atoms with E-state index in [-0.39, 0.29) is 29.5 Å². The highest BCUT2D eigenvalue weighted by Gasteiger charge is 2.31. The third kappa shape index (κ3) is 7.52. The maximum Gasteiger partial charge on any atom is 0.269 e. The number of methoxy groups -OCH3 is 2. The van der Waals surface area contributed by atoms with Crippen LogP contribution in [0.2, 0.25) is 0 Å². The van der Waals surface area contributed by atoms with E-state index in [0.717, 1.165) is 5.56 Å². The summed E-state index contributed by atoms with van der Waals surface area (Å²) in [6.45, 7) is 0.437. The number of hydrogen-bond donors (Lipinski definition) is 2. The molecule has 38 heavy (non-hydrogen) atoms. The summed E-state index contributed by atoms with van der Waals surface area (Å²) < 4.78 is 11.0. The van der Waals surface area contributed by atoms with E-state index in [9.17, 15) is 24.5 Å². The van der Waals surface area contributed by atoms with E-state index in [1.807, 2.05) is 6.07 Å². The highest BCUT2D eigenvalue weighted by Crippen LogP contribution is 2.34. The highest BCUT2D eigenvalue weighted by atomic mass is 32.2. The number of nitrogens with zero attached hydrogens (tertiary/aromatic N) is 2. The number of ether oxygens (including phenoxy) is 2. The first-order chi connectivity index (χ1) is 18.2. The molecule has 1 saturated heterocycles. The quantitative estimate of drug-likeness (QED) is 0.138. The van der Waals surface area contributed by atoms with Gasteiger partial charge in [0.05, 0.1) is 24.0 Å². The Morgan fingerprint density at radius 2 is 1.76 bits per heavy atom. The van der Waals surface area contributed by atoms with Gasteiger partial charge in [-0.25, -0.2) is 0 Å². The molecule has 0 unspecified atom stereocenters. The first kappa shape index (κ1) is 28.6. The standard InChI is InChI=1S/C25H26N4O7S2/c1-35-19-12-7-16(14-20(19)36-2)15-21-24(32)28(25(37)38-21)13-5-3-4-6-22(30)26-27-23(31)17-8-10-18(11-9-17)29(33)34/h7-12,14-15H,3-6,13H2,1-2H3,(H,26,30)(H,27,31). The molecule has 0 atom stereocenters. The number of thioether (sulfide) groups is 1. The monoisotopic (exact) mass is 558 g/mol. The van der Waals surface area contributed by atoms with Gasteiger partial charge >= 0.3 is 0 Å². The van der Waals surface area contributed by atoms with Gasteiger partial charge in [0.2, 0.25) is 5.91 Å². The molecule has 2 aromatic carbocycles. The Hall–Kier alpha value is -3.97. The molecule has 1 heterocycles. The van der Waals surface area contributed by atoms with Gasteiger partial charge in [-0.1, -0.05) is 36.5 Å². The summed E-state index contributed by atoms with van der Waals surface area (Å²) in [4.78, 5) is 49.1. The summed E-state index contributed by atoms with van der Waals surface area (Å²) >= 11 is 6.62. The fourth-order valence-corrected chi connectivity index (χ4v) is 4.82. The second kappa shape index (κ2) is 13.5. The van der Waals surface area contributed by atoms with Crippen LogP contribution < -0.4 is 20.3 Å². The van der Waals surface area contributed by atoms with Crippen LogP contribution in [0.25, 0.3) is 6.08 Å². The molecule has 1 fully saturated rings. The van der Waals surface area contributed by atoms with Crippen molar-refractivity contribution < 1.29 is 28.8 Å². The first-order valence-electron chi connectivity index (χ1n) is 11.5. The molecule has 0 aliphatic carbocycles. The molecule has 0 radical (unpaired) electrons. The number of carbonyl (C=O) groups is 3. The Kier molecular flexibility index (Phi) is 10.2. The number of non-ortho nitro benzene ring substituents is 1. The van der Waals surface area contributed by atoms with E-state index >= 15 is 0 Å². The number of carbonyl (C=O) groups excluding carboxylic acids is 3. The van der Waals surface area contributed by atoms with Crippen LogP contribution in [0.1, 0.15) is 41.6 Å². The zero-order valence-corrected chi connectivity index (χ0v) is 22.4. The van der Waals surface area contributed by atoms with Crippen molar-refractivity contribution in [3.63, 3.8) is 0 Å². The summed E-state index contributed by atoms with van der Waals surface area (Å²) in [7, 11) is 3.10. The predicted octanol–water partition coefficient (Wildman–Crippen LogP) is 3.83. The van der Waals surface area contributed by atoms with Crippen molar-refractivity contribution in [1.82, 2.24) is 15.8 Å². The average molecular weight is 559 g/mol. The Morgan fingerprint density at radius 3 is 2.42 bits per heavy atom. The molecule has 0 spiro atoms. The van der Waals surface area contributed by atoms with E-state index in [0.29, 0.717) is 46.5 Å². The van der Waals surface area contributed by atoms with Crippen molar-refractivity contribution in [2.75, 3.05) is 20.8 Å². The summed E-state index contributed by atoms with van der Waals surface area (Å²) in [5, 5.41) is 10.7. The number of hydrazine groups is 1. The fourth-order valence-electron chi connectivity index (χ4n) is 3.51. The van der Waals surface area contributed by atoms with E-state index in [2.05, 4.69) is 10.9 Å². The number of amides is 3. The lowest BCUT2D eigenvalue weighted by molar-refractivity contribution is -0.384. The molecule has 13 heteroatoms. The minimum atomic E-state index is -0.580. The molecule has 1 aliphatic rings. The van der Waals surface area contributed by atoms with Crippen molar-refractivity contribution in [3.8, 4) is 11.5 Å². The van der Waals surface area contributed by atoms with Crippen molar-refractivity contribution in [2.24, 2.45) is 0 Å². The number of unbranched alkanes of at least 4 members (excludes halogenated alkanes) is 2. The van der Waals surface area contributed by atoms with E-state index in [1.54, 1.807) is 37.3 Å². The number of hydrogen-bond acceptors (Lipinski definition) is 9. The predicted molar refractivity (Wildman–Crippen MR) is 147 cm³/mol. The van der Waals surface area contributed by atoms with Crippen LogP contribution in [0.15, 0.2) is 47.4 Å². The largest absolute Gasteiger partial charge is 0.493 e. The number of nitro groups is 1. The van der Waals surface area contributed by atoms with Crippen LogP contribution in [0.3, 0.4) is 0 Å². The normalized spacial score (nSPS) is 13.9. The van der Waals surface area contributed by atoms with Crippen LogP contribution >= 0.6 is 24.0 Å². The Bertz CT molecular complexity index is 1260. The van der Waals surface area contributed by atoms with Crippen molar-refractivity contribution in [1.29, 1.82) is 0 Å². The fraction of sp³-hybridized carbons (Fsp3) is 0.280. The van der Waals surface area contributed by atoms with Crippen LogP contribution in [-0.4, -0.2) is 52.6 Å². The zero-order chi connectivity index (χ0) is 27.7. The molecule has 1 aliphatic heterocycles. The van der Waals surface area contributed by atoms with Crippen molar-refractivity contribution in [3.05, 3.63) is 68.6 Å². The summed E-state index contributed by atoms with van der Waals surface area (Å²) in [6.07, 6.45) is 3.82. The van der Waals surface area contributed by atoms with Crippen molar-refractivity contribution >= 4 is 57.8 Å². The number of nitro benzene ring substituents is 1. The van der Waals surface area contributed by atoms with Gasteiger partial charge in [-0.3, -0.25) is 40.2 Å². The Labute approximate surface area is 228 Å². The molecule has 0 bridgehead atoms. The van der Waals surface area contributed by atoms with Gasteiger partial charge in [0.15, 0.2) is 11.5 Å². The minimum absolute atomic E-state index is 0.134. The molecule has 3 rings (SSSR count). The average Bonchev–Trinajstić information content (AvgIpc) is 3.18. The molecular formula is C25H26N4O7S2. The minimum Gasteiger partial charge on any atom is -0.493 e. The SMILES string of the molecule is COc1ccc(C=C2SC(=S)N(CCCCCC(=O)NNC(=O)c3ccc([N+](=O)[O-])cc3)C2=O)cc1OC. The van der Waals surface area contributed by atoms with Gasteiger partial charge in [0.1, 0.15) is 4.32 Å². The molecule has 11 nitrogen and oxygen atoms in total. The maximum absolute atomic E-state index is 12.8. The molecule has 2 aromatic rings. The van der Waals surface area contributed by atoms with Crippen LogP contribution in [0.5, 0.6) is 11.5 Å². The molecule has 3 amide bonds. The zero-order valence-electron chi connectivity index (χ0n) is 20.7. The second-order valence-electron chi connectivity index (χ2n) is 8.06. The van der Waals surface area contributed by atoms with Crippen LogP contribution in [0, 0.1) is 10.1 Å². The van der Waals surface area contributed by atoms with Gasteiger partial charge in [-0.05, 0) is 48.7 Å². The van der Waals surface area contributed by atoms with Crippen LogP contribution in [-0.2, 0) is 9.59 Å². The summed E-state index contributed by atoms with van der Waals surface area (Å²) in [5.41, 5.74) is 5.44. The lowest BCUT2D eigenvalue weighted by Crippen LogP contribution is -2.41. The highest BCUT2D eigenvalue weighted by molar-refractivity contribution is 8.26. The Morgan fingerprint density at radius 1 is 1.05 bits per heavy atom. The van der Waals surface area contributed by atoms with Gasteiger partial charge in [-0.2, -0.15) is 0 Å². The number of rotatable bonds is 11. The third-order valence-corrected chi connectivity index (χ3v) is 6.90. The third-order valence-electron chi connectivity index (χ3n) is 5.52. The molecule has 200 valence electrons. The lowest BCUT2D eigenvalue weighted by atomic mass is 10.1. The van der Waals surface area contributed by atoms with Crippen LogP contribution in [0.4, 0.5) is 5.69 Å². The molecule has 0 aromatic heterocycles. The molecular weight excluding hydrogens is 532 g/mol. The summed E-state index contributed by atoms with van der Waals surface area (Å²) in [5.74, 6) is 0.0402.